The third kappa shape index (κ3) is 1.96. The van der Waals surface area contributed by atoms with E-state index in [2.05, 4.69) is 20.5 Å². The molecule has 3 aromatic heterocycles. The van der Waals surface area contributed by atoms with E-state index in [1.165, 1.54) is 0 Å². The van der Waals surface area contributed by atoms with Crippen molar-refractivity contribution < 1.29 is 0 Å². The molecule has 3 N–H and O–H groups in total. The number of anilines is 1. The molecule has 20 heavy (non-hydrogen) atoms. The van der Waals surface area contributed by atoms with Crippen LogP contribution in [0.2, 0.25) is 0 Å². The fraction of sp³-hybridized carbons (Fsp3) is 0.273. The number of nitrogens with one attached hydrogen (secondary N) is 1. The van der Waals surface area contributed by atoms with E-state index in [4.69, 9.17) is 5.84 Å². The quantitative estimate of drug-likeness (QED) is 0.529. The van der Waals surface area contributed by atoms with E-state index in [0.29, 0.717) is 23.8 Å². The van der Waals surface area contributed by atoms with Gasteiger partial charge in [-0.25, -0.2) is 15.8 Å². The molecule has 0 aromatic carbocycles. The molecule has 0 radical (unpaired) electrons. The van der Waals surface area contributed by atoms with Crippen LogP contribution in [0.4, 0.5) is 5.82 Å². The minimum atomic E-state index is -0.0292. The van der Waals surface area contributed by atoms with Crippen LogP contribution in [0.1, 0.15) is 11.5 Å². The molecule has 0 aliphatic carbocycles. The van der Waals surface area contributed by atoms with Gasteiger partial charge in [0.25, 0.3) is 0 Å². The van der Waals surface area contributed by atoms with Crippen LogP contribution in [0, 0.1) is 6.92 Å². The highest BCUT2D eigenvalue weighted by atomic mass is 32.1. The standard InChI is InChI=1S/C11H13N7OS/c1-6-5-20-11(19)18(6)4-8-14-9(16-12)7-3-13-17(2)10(7)15-8/h3,5H,4,12H2,1-2H3,(H,14,15,16). The summed E-state index contributed by atoms with van der Waals surface area (Å²) in [6.45, 7) is 2.19. The molecule has 0 saturated heterocycles. The van der Waals surface area contributed by atoms with Crippen molar-refractivity contribution >= 4 is 28.2 Å². The molecule has 0 saturated carbocycles. The van der Waals surface area contributed by atoms with Crippen LogP contribution in [0.25, 0.3) is 11.0 Å². The van der Waals surface area contributed by atoms with Crippen molar-refractivity contribution in [1.82, 2.24) is 24.3 Å². The Balaban J connectivity index is 2.12. The number of thiazole rings is 1. The van der Waals surface area contributed by atoms with Crippen LogP contribution < -0.4 is 16.1 Å². The Morgan fingerprint density at radius 2 is 2.25 bits per heavy atom. The SMILES string of the molecule is Cc1csc(=O)n1Cc1nc(NN)c2cnn(C)c2n1. The van der Waals surface area contributed by atoms with Crippen LogP contribution in [0.15, 0.2) is 16.4 Å². The predicted molar refractivity (Wildman–Crippen MR) is 76.5 cm³/mol. The first kappa shape index (κ1) is 12.8. The number of hydrogen-bond donors (Lipinski definition) is 2. The fourth-order valence-corrected chi connectivity index (χ4v) is 2.72. The number of aryl methyl sites for hydroxylation is 2. The lowest BCUT2D eigenvalue weighted by atomic mass is 10.4. The van der Waals surface area contributed by atoms with E-state index >= 15 is 0 Å². The van der Waals surface area contributed by atoms with Gasteiger partial charge in [-0.2, -0.15) is 5.10 Å². The van der Waals surface area contributed by atoms with Gasteiger partial charge in [0.05, 0.1) is 18.1 Å². The van der Waals surface area contributed by atoms with Gasteiger partial charge < -0.3 is 5.43 Å². The molecular weight excluding hydrogens is 278 g/mol. The summed E-state index contributed by atoms with van der Waals surface area (Å²) in [5, 5.41) is 6.69. The summed E-state index contributed by atoms with van der Waals surface area (Å²) in [6.07, 6.45) is 1.65. The highest BCUT2D eigenvalue weighted by Gasteiger charge is 2.12. The van der Waals surface area contributed by atoms with Gasteiger partial charge in [0.2, 0.25) is 0 Å². The highest BCUT2D eigenvalue weighted by molar-refractivity contribution is 7.07. The Morgan fingerprint density at radius 3 is 2.90 bits per heavy atom. The summed E-state index contributed by atoms with van der Waals surface area (Å²) >= 11 is 1.16. The van der Waals surface area contributed by atoms with Crippen LogP contribution >= 0.6 is 11.3 Å². The van der Waals surface area contributed by atoms with E-state index in [-0.39, 0.29) is 4.87 Å². The Morgan fingerprint density at radius 1 is 1.45 bits per heavy atom. The maximum absolute atomic E-state index is 11.7. The van der Waals surface area contributed by atoms with Crippen LogP contribution in [-0.4, -0.2) is 24.3 Å². The number of nitrogen functional groups attached to an aromatic ring is 1. The molecule has 8 nitrogen and oxygen atoms in total. The second-order valence-electron chi connectivity index (χ2n) is 4.37. The molecule has 0 aliphatic rings. The lowest BCUT2D eigenvalue weighted by molar-refractivity contribution is 0.708. The molecule has 9 heteroatoms. The molecule has 0 fully saturated rings. The van der Waals surface area contributed by atoms with E-state index in [1.807, 2.05) is 12.3 Å². The molecule has 0 bridgehead atoms. The summed E-state index contributed by atoms with van der Waals surface area (Å²) in [7, 11) is 1.79. The van der Waals surface area contributed by atoms with Crippen molar-refractivity contribution in [3.63, 3.8) is 0 Å². The molecule has 3 aromatic rings. The van der Waals surface area contributed by atoms with Gasteiger partial charge in [-0.3, -0.25) is 14.0 Å². The van der Waals surface area contributed by atoms with Crippen LogP contribution in [-0.2, 0) is 13.6 Å². The Kier molecular flexibility index (Phi) is 2.99. The van der Waals surface area contributed by atoms with E-state index in [0.717, 1.165) is 22.4 Å². The zero-order valence-electron chi connectivity index (χ0n) is 11.0. The number of nitrogens with two attached hydrogens (primary N) is 1. The van der Waals surface area contributed by atoms with Gasteiger partial charge >= 0.3 is 4.87 Å². The summed E-state index contributed by atoms with van der Waals surface area (Å²) in [5.74, 6) is 6.49. The molecular formula is C11H13N7OS. The zero-order valence-corrected chi connectivity index (χ0v) is 11.8. The molecule has 0 aliphatic heterocycles. The van der Waals surface area contributed by atoms with Crippen molar-refractivity contribution in [1.29, 1.82) is 0 Å². The summed E-state index contributed by atoms with van der Waals surface area (Å²) in [5.41, 5.74) is 4.10. The fourth-order valence-electron chi connectivity index (χ4n) is 1.99. The van der Waals surface area contributed by atoms with Crippen molar-refractivity contribution in [2.24, 2.45) is 12.9 Å². The van der Waals surface area contributed by atoms with Crippen molar-refractivity contribution in [2.75, 3.05) is 5.43 Å². The number of nitrogens with zero attached hydrogens (tertiary/aromatic N) is 5. The van der Waals surface area contributed by atoms with Crippen LogP contribution in [0.3, 0.4) is 0 Å². The number of hydrazine groups is 1. The average molecular weight is 291 g/mol. The second-order valence-corrected chi connectivity index (χ2v) is 5.19. The maximum atomic E-state index is 11.7. The Hall–Kier alpha value is -2.26. The second kappa shape index (κ2) is 4.69. The number of aromatic nitrogens is 5. The Bertz CT molecular complexity index is 831. The first-order chi connectivity index (χ1) is 9.60. The van der Waals surface area contributed by atoms with Gasteiger partial charge in [-0.05, 0) is 6.92 Å². The minimum Gasteiger partial charge on any atom is -0.308 e. The number of fused-ring (bicyclic) bond motifs is 1. The highest BCUT2D eigenvalue weighted by Crippen LogP contribution is 2.18. The smallest absolute Gasteiger partial charge is 0.307 e. The monoisotopic (exact) mass is 291 g/mol. The van der Waals surface area contributed by atoms with Gasteiger partial charge in [0.15, 0.2) is 17.3 Å². The van der Waals surface area contributed by atoms with Crippen molar-refractivity contribution in [3.8, 4) is 0 Å². The van der Waals surface area contributed by atoms with Crippen LogP contribution in [0.5, 0.6) is 0 Å². The third-order valence-corrected chi connectivity index (χ3v) is 3.93. The minimum absolute atomic E-state index is 0.0292. The van der Waals surface area contributed by atoms with Gasteiger partial charge in [-0.15, -0.1) is 0 Å². The summed E-state index contributed by atoms with van der Waals surface area (Å²) in [4.78, 5) is 20.5. The third-order valence-electron chi connectivity index (χ3n) is 3.05. The molecule has 0 amide bonds. The van der Waals surface area contributed by atoms with E-state index in [1.54, 1.807) is 22.5 Å². The first-order valence-corrected chi connectivity index (χ1v) is 6.78. The molecule has 0 unspecified atom stereocenters. The molecule has 3 heterocycles. The lowest BCUT2D eigenvalue weighted by Gasteiger charge is -2.07. The largest absolute Gasteiger partial charge is 0.308 e. The zero-order chi connectivity index (χ0) is 14.3. The Labute approximate surface area is 117 Å². The van der Waals surface area contributed by atoms with E-state index < -0.39 is 0 Å². The molecule has 0 atom stereocenters. The van der Waals surface area contributed by atoms with Crippen molar-refractivity contribution in [3.05, 3.63) is 32.8 Å². The number of rotatable bonds is 3. The summed E-state index contributed by atoms with van der Waals surface area (Å²) in [6, 6.07) is 0. The molecule has 104 valence electrons. The maximum Gasteiger partial charge on any atom is 0.307 e. The van der Waals surface area contributed by atoms with Crippen molar-refractivity contribution in [2.45, 2.75) is 13.5 Å². The average Bonchev–Trinajstić information content (AvgIpc) is 2.96. The predicted octanol–water partition coefficient (Wildman–Crippen LogP) is 0.229. The number of hydrogen-bond acceptors (Lipinski definition) is 7. The topological polar surface area (TPSA) is 104 Å². The van der Waals surface area contributed by atoms with Gasteiger partial charge in [0.1, 0.15) is 0 Å². The molecule has 3 rings (SSSR count). The van der Waals surface area contributed by atoms with Gasteiger partial charge in [0, 0.05) is 18.1 Å². The normalized spacial score (nSPS) is 11.2. The molecule has 0 spiro atoms. The first-order valence-electron chi connectivity index (χ1n) is 5.90. The summed E-state index contributed by atoms with van der Waals surface area (Å²) < 4.78 is 3.27. The lowest BCUT2D eigenvalue weighted by Crippen LogP contribution is -2.18. The van der Waals surface area contributed by atoms with Gasteiger partial charge in [-0.1, -0.05) is 11.3 Å². The van der Waals surface area contributed by atoms with E-state index in [9.17, 15) is 4.79 Å².